The van der Waals surface area contributed by atoms with E-state index >= 15 is 0 Å². The number of esters is 2. The van der Waals surface area contributed by atoms with Gasteiger partial charge in [0.2, 0.25) is 5.78 Å². The molecule has 0 aliphatic rings. The maximum absolute atomic E-state index is 14.1. The summed E-state index contributed by atoms with van der Waals surface area (Å²) in [6.07, 6.45) is 0. The van der Waals surface area contributed by atoms with Crippen LogP contribution in [0.1, 0.15) is 36.8 Å². The second kappa shape index (κ2) is 9.31. The van der Waals surface area contributed by atoms with Crippen LogP contribution in [0.5, 0.6) is 11.5 Å². The van der Waals surface area contributed by atoms with E-state index in [4.69, 9.17) is 18.9 Å². The van der Waals surface area contributed by atoms with Gasteiger partial charge in [0.1, 0.15) is 16.8 Å². The lowest BCUT2D eigenvalue weighted by Gasteiger charge is -2.12. The van der Waals surface area contributed by atoms with Crippen molar-refractivity contribution >= 4 is 44.9 Å². The minimum Gasteiger partial charge on any atom is -0.493 e. The van der Waals surface area contributed by atoms with Gasteiger partial charge in [-0.15, -0.1) is 0 Å². The standard InChI is InChI=1S/C29H23NO7/c1-34-22-14-10-17(15-23(22)35-2)27(31)26-25(29(33)37-4)24(28(32)36-3)21-13-11-19-18-8-6-5-7-16(18)9-12-20(19)30(21)26/h5-15H,1-4H3. The number of rotatable bonds is 6. The van der Waals surface area contributed by atoms with Gasteiger partial charge in [-0.1, -0.05) is 36.4 Å². The molecule has 3 aromatic carbocycles. The Labute approximate surface area is 211 Å². The molecule has 0 saturated carbocycles. The highest BCUT2D eigenvalue weighted by atomic mass is 16.5. The van der Waals surface area contributed by atoms with Gasteiger partial charge in [-0.2, -0.15) is 0 Å². The number of aromatic nitrogens is 1. The van der Waals surface area contributed by atoms with Crippen LogP contribution in [0.3, 0.4) is 0 Å². The summed E-state index contributed by atoms with van der Waals surface area (Å²) in [6, 6.07) is 19.9. The van der Waals surface area contributed by atoms with Crippen LogP contribution < -0.4 is 9.47 Å². The third-order valence-electron chi connectivity index (χ3n) is 6.44. The van der Waals surface area contributed by atoms with E-state index < -0.39 is 17.7 Å². The van der Waals surface area contributed by atoms with Crippen LogP contribution in [0.4, 0.5) is 0 Å². The summed E-state index contributed by atoms with van der Waals surface area (Å²) in [5.41, 5.74) is 0.981. The van der Waals surface area contributed by atoms with Crippen LogP contribution in [-0.2, 0) is 9.47 Å². The predicted octanol–water partition coefficient (Wildman–Crippen LogP) is 5.07. The first-order valence-electron chi connectivity index (χ1n) is 11.4. The fraction of sp³-hybridized carbons (Fsp3) is 0.138. The Kier molecular flexibility index (Phi) is 6.01. The normalized spacial score (nSPS) is 11.0. The fourth-order valence-corrected chi connectivity index (χ4v) is 4.75. The first-order valence-corrected chi connectivity index (χ1v) is 11.4. The van der Waals surface area contributed by atoms with E-state index in [9.17, 15) is 14.4 Å². The quantitative estimate of drug-likeness (QED) is 0.184. The number of fused-ring (bicyclic) bond motifs is 5. The highest BCUT2D eigenvalue weighted by Crippen LogP contribution is 2.35. The number of methoxy groups -OCH3 is 4. The first kappa shape index (κ1) is 23.9. The summed E-state index contributed by atoms with van der Waals surface area (Å²) in [7, 11) is 5.38. The molecule has 5 rings (SSSR count). The molecule has 0 bridgehead atoms. The molecule has 0 atom stereocenters. The summed E-state index contributed by atoms with van der Waals surface area (Å²) >= 11 is 0. The molecule has 186 valence electrons. The molecule has 0 aliphatic heterocycles. The minimum atomic E-state index is -0.832. The van der Waals surface area contributed by atoms with Crippen molar-refractivity contribution in [2.75, 3.05) is 28.4 Å². The second-order valence-electron chi connectivity index (χ2n) is 8.25. The van der Waals surface area contributed by atoms with Crippen LogP contribution >= 0.6 is 0 Å². The summed E-state index contributed by atoms with van der Waals surface area (Å²) in [4.78, 5) is 40.2. The average molecular weight is 498 g/mol. The lowest BCUT2D eigenvalue weighted by atomic mass is 10.0. The summed E-state index contributed by atoms with van der Waals surface area (Å²) in [5, 5.41) is 2.81. The Hall–Kier alpha value is -4.85. The average Bonchev–Trinajstić information content (AvgIpc) is 3.30. The molecule has 0 aliphatic carbocycles. The Morgan fingerprint density at radius 1 is 0.649 bits per heavy atom. The van der Waals surface area contributed by atoms with Crippen molar-refractivity contribution in [3.63, 3.8) is 0 Å². The zero-order valence-electron chi connectivity index (χ0n) is 20.7. The molecule has 2 aromatic heterocycles. The van der Waals surface area contributed by atoms with Crippen molar-refractivity contribution in [2.24, 2.45) is 0 Å². The highest BCUT2D eigenvalue weighted by molar-refractivity contribution is 6.21. The lowest BCUT2D eigenvalue weighted by Crippen LogP contribution is -2.15. The summed E-state index contributed by atoms with van der Waals surface area (Å²) < 4.78 is 22.4. The molecule has 0 spiro atoms. The van der Waals surface area contributed by atoms with Crippen molar-refractivity contribution in [3.8, 4) is 11.5 Å². The molecule has 2 heterocycles. The van der Waals surface area contributed by atoms with Crippen molar-refractivity contribution in [1.82, 2.24) is 4.40 Å². The van der Waals surface area contributed by atoms with E-state index in [1.54, 1.807) is 22.6 Å². The van der Waals surface area contributed by atoms with Gasteiger partial charge in [0.05, 0.1) is 39.5 Å². The topological polar surface area (TPSA) is 92.5 Å². The van der Waals surface area contributed by atoms with E-state index in [0.717, 1.165) is 16.2 Å². The maximum Gasteiger partial charge on any atom is 0.341 e. The molecule has 0 saturated heterocycles. The molecule has 0 N–H and O–H groups in total. The van der Waals surface area contributed by atoms with Crippen LogP contribution in [0, 0.1) is 0 Å². The SMILES string of the molecule is COC(=O)c1c(C(=O)OC)c2ccc3c4ccccc4ccc3n2c1C(=O)c1ccc(OC)c(OC)c1. The third kappa shape index (κ3) is 3.65. The highest BCUT2D eigenvalue weighted by Gasteiger charge is 2.34. The van der Waals surface area contributed by atoms with Gasteiger partial charge in [0.15, 0.2) is 11.5 Å². The molecule has 5 aromatic rings. The Morgan fingerprint density at radius 3 is 2.03 bits per heavy atom. The van der Waals surface area contributed by atoms with Crippen molar-refractivity contribution in [2.45, 2.75) is 0 Å². The number of pyridine rings is 1. The van der Waals surface area contributed by atoms with Gasteiger partial charge in [-0.05, 0) is 41.1 Å². The molecule has 0 fully saturated rings. The van der Waals surface area contributed by atoms with Crippen molar-refractivity contribution in [1.29, 1.82) is 0 Å². The van der Waals surface area contributed by atoms with Crippen LogP contribution in [-0.4, -0.2) is 50.6 Å². The fourth-order valence-electron chi connectivity index (χ4n) is 4.75. The number of benzene rings is 3. The van der Waals surface area contributed by atoms with E-state index in [2.05, 4.69) is 0 Å². The predicted molar refractivity (Wildman–Crippen MR) is 138 cm³/mol. The van der Waals surface area contributed by atoms with E-state index in [1.165, 1.54) is 34.5 Å². The smallest absolute Gasteiger partial charge is 0.341 e. The number of hydrogen-bond donors (Lipinski definition) is 0. The molecular formula is C29H23NO7. The van der Waals surface area contributed by atoms with Gasteiger partial charge in [0.25, 0.3) is 0 Å². The molecule has 37 heavy (non-hydrogen) atoms. The van der Waals surface area contributed by atoms with E-state index in [1.807, 2.05) is 42.5 Å². The Bertz CT molecular complexity index is 1730. The minimum absolute atomic E-state index is 0.0182. The number of hydrogen-bond acceptors (Lipinski definition) is 7. The largest absolute Gasteiger partial charge is 0.493 e. The molecule has 0 amide bonds. The van der Waals surface area contributed by atoms with Gasteiger partial charge < -0.3 is 23.3 Å². The lowest BCUT2D eigenvalue weighted by molar-refractivity contribution is 0.0556. The second-order valence-corrected chi connectivity index (χ2v) is 8.25. The molecule has 8 nitrogen and oxygen atoms in total. The van der Waals surface area contributed by atoms with E-state index in [0.29, 0.717) is 22.5 Å². The first-order chi connectivity index (χ1) is 17.9. The number of carbonyl (C=O) groups excluding carboxylic acids is 3. The monoisotopic (exact) mass is 497 g/mol. The zero-order chi connectivity index (χ0) is 26.3. The molecule has 0 unspecified atom stereocenters. The molecule has 8 heteroatoms. The maximum atomic E-state index is 14.1. The van der Waals surface area contributed by atoms with Gasteiger partial charge in [-0.25, -0.2) is 9.59 Å². The van der Waals surface area contributed by atoms with Crippen LogP contribution in [0.25, 0.3) is 27.2 Å². The number of nitrogens with zero attached hydrogens (tertiary/aromatic N) is 1. The van der Waals surface area contributed by atoms with E-state index in [-0.39, 0.29) is 22.4 Å². The number of ether oxygens (including phenoxy) is 4. The Balaban J connectivity index is 1.94. The zero-order valence-corrected chi connectivity index (χ0v) is 20.7. The van der Waals surface area contributed by atoms with Crippen molar-refractivity contribution < 1.29 is 33.3 Å². The van der Waals surface area contributed by atoms with Gasteiger partial charge in [0, 0.05) is 10.9 Å². The van der Waals surface area contributed by atoms with Gasteiger partial charge >= 0.3 is 11.9 Å². The molecular weight excluding hydrogens is 474 g/mol. The van der Waals surface area contributed by atoms with Crippen LogP contribution in [0.15, 0.2) is 66.7 Å². The van der Waals surface area contributed by atoms with Crippen LogP contribution in [0.2, 0.25) is 0 Å². The third-order valence-corrected chi connectivity index (χ3v) is 6.44. The molecule has 0 radical (unpaired) electrons. The number of carbonyl (C=O) groups is 3. The number of ketones is 1. The Morgan fingerprint density at radius 2 is 1.32 bits per heavy atom. The summed E-state index contributed by atoms with van der Waals surface area (Å²) in [6.45, 7) is 0. The van der Waals surface area contributed by atoms with Crippen molar-refractivity contribution in [3.05, 3.63) is 89.1 Å². The summed E-state index contributed by atoms with van der Waals surface area (Å²) in [5.74, 6) is -1.31. The van der Waals surface area contributed by atoms with Gasteiger partial charge in [-0.3, -0.25) is 4.79 Å².